The Morgan fingerprint density at radius 1 is 1.27 bits per heavy atom. The fraction of sp³-hybridized carbons (Fsp3) is 0.200. The first-order valence-electron chi connectivity index (χ1n) is 4.51. The van der Waals surface area contributed by atoms with Crippen molar-refractivity contribution in [3.05, 3.63) is 36.0 Å². The molecule has 0 saturated heterocycles. The molecule has 2 heterocycles. The minimum Gasteiger partial charge on any atom is -0.390 e. The zero-order valence-corrected chi connectivity index (χ0v) is 8.25. The van der Waals surface area contributed by atoms with Crippen molar-refractivity contribution in [1.29, 1.82) is 0 Å². The fourth-order valence-corrected chi connectivity index (χ4v) is 1.24. The first-order valence-corrected chi connectivity index (χ1v) is 4.51. The first-order chi connectivity index (χ1) is 7.29. The minimum atomic E-state index is -0.101. The third kappa shape index (κ3) is 2.13. The van der Waals surface area contributed by atoms with Gasteiger partial charge in [-0.1, -0.05) is 0 Å². The molecule has 0 radical (unpaired) electrons. The number of aliphatic hydroxyl groups is 1. The molecule has 1 N–H and O–H groups in total. The van der Waals surface area contributed by atoms with Crippen LogP contribution < -0.4 is 0 Å². The topological polar surface area (TPSA) is 71.8 Å². The van der Waals surface area contributed by atoms with Crippen LogP contribution in [0.1, 0.15) is 11.4 Å². The summed E-state index contributed by atoms with van der Waals surface area (Å²) in [5.41, 5.74) is 1.99. The van der Waals surface area contributed by atoms with Crippen LogP contribution >= 0.6 is 0 Å². The third-order valence-electron chi connectivity index (χ3n) is 1.86. The van der Waals surface area contributed by atoms with Crippen molar-refractivity contribution in [2.45, 2.75) is 13.5 Å². The lowest BCUT2D eigenvalue weighted by atomic mass is 10.3. The molecule has 0 saturated carbocycles. The summed E-state index contributed by atoms with van der Waals surface area (Å²) >= 11 is 0. The van der Waals surface area contributed by atoms with Crippen LogP contribution in [-0.4, -0.2) is 25.0 Å². The Morgan fingerprint density at radius 2 is 2.13 bits per heavy atom. The average Bonchev–Trinajstić information content (AvgIpc) is 2.29. The van der Waals surface area contributed by atoms with E-state index < -0.39 is 0 Å². The van der Waals surface area contributed by atoms with Gasteiger partial charge in [0.25, 0.3) is 0 Å². The van der Waals surface area contributed by atoms with Gasteiger partial charge in [-0.2, -0.15) is 0 Å². The average molecular weight is 202 g/mol. The second kappa shape index (κ2) is 4.10. The summed E-state index contributed by atoms with van der Waals surface area (Å²) in [5.74, 6) is 0.493. The lowest BCUT2D eigenvalue weighted by molar-refractivity contribution is 0.276. The van der Waals surface area contributed by atoms with Gasteiger partial charge in [-0.3, -0.25) is 4.98 Å². The van der Waals surface area contributed by atoms with Gasteiger partial charge in [0, 0.05) is 18.1 Å². The van der Waals surface area contributed by atoms with Gasteiger partial charge < -0.3 is 5.11 Å². The predicted molar refractivity (Wildman–Crippen MR) is 53.7 cm³/mol. The first kappa shape index (κ1) is 9.67. The van der Waals surface area contributed by atoms with Gasteiger partial charge in [-0.05, 0) is 13.0 Å². The highest BCUT2D eigenvalue weighted by Gasteiger charge is 2.05. The Labute approximate surface area is 86.9 Å². The molecule has 0 unspecified atom stereocenters. The maximum Gasteiger partial charge on any atom is 0.180 e. The van der Waals surface area contributed by atoms with Gasteiger partial charge in [0.1, 0.15) is 5.69 Å². The van der Waals surface area contributed by atoms with Crippen molar-refractivity contribution >= 4 is 0 Å². The predicted octanol–water partition coefficient (Wildman–Crippen LogP) is 0.734. The van der Waals surface area contributed by atoms with Crippen molar-refractivity contribution in [3.63, 3.8) is 0 Å². The van der Waals surface area contributed by atoms with Crippen LogP contribution in [0.3, 0.4) is 0 Å². The highest BCUT2D eigenvalue weighted by molar-refractivity contribution is 5.47. The maximum absolute atomic E-state index is 9.01. The summed E-state index contributed by atoms with van der Waals surface area (Å²) in [5, 5.41) is 9.01. The summed E-state index contributed by atoms with van der Waals surface area (Å²) in [6, 6.07) is 1.74. The Morgan fingerprint density at radius 3 is 2.80 bits per heavy atom. The Kier molecular flexibility index (Phi) is 2.64. The molecule has 0 amide bonds. The highest BCUT2D eigenvalue weighted by Crippen LogP contribution is 2.11. The molecule has 2 aromatic heterocycles. The lowest BCUT2D eigenvalue weighted by Crippen LogP contribution is -1.99. The van der Waals surface area contributed by atoms with Crippen molar-refractivity contribution in [3.8, 4) is 11.5 Å². The van der Waals surface area contributed by atoms with Crippen LogP contribution in [-0.2, 0) is 6.61 Å². The van der Waals surface area contributed by atoms with Gasteiger partial charge in [-0.25, -0.2) is 15.0 Å². The number of hydrogen-bond donors (Lipinski definition) is 1. The number of aliphatic hydroxyl groups excluding tert-OH is 1. The second-order valence-electron chi connectivity index (χ2n) is 3.07. The van der Waals surface area contributed by atoms with E-state index in [2.05, 4.69) is 19.9 Å². The smallest absolute Gasteiger partial charge is 0.180 e. The third-order valence-corrected chi connectivity index (χ3v) is 1.86. The molecule has 0 bridgehead atoms. The zero-order valence-electron chi connectivity index (χ0n) is 8.25. The zero-order chi connectivity index (χ0) is 10.7. The molecule has 2 rings (SSSR count). The van der Waals surface area contributed by atoms with Crippen molar-refractivity contribution in [2.75, 3.05) is 0 Å². The minimum absolute atomic E-state index is 0.101. The molecular weight excluding hydrogens is 192 g/mol. The van der Waals surface area contributed by atoms with Crippen LogP contribution in [0, 0.1) is 6.92 Å². The lowest BCUT2D eigenvalue weighted by Gasteiger charge is -2.02. The van der Waals surface area contributed by atoms with Crippen LogP contribution in [0.2, 0.25) is 0 Å². The summed E-state index contributed by atoms with van der Waals surface area (Å²) in [6.07, 6.45) is 4.77. The van der Waals surface area contributed by atoms with Gasteiger partial charge in [0.05, 0.1) is 18.5 Å². The molecule has 0 aromatic carbocycles. The van der Waals surface area contributed by atoms with Crippen LogP contribution in [0.15, 0.2) is 24.7 Å². The van der Waals surface area contributed by atoms with E-state index in [0.29, 0.717) is 17.2 Å². The second-order valence-corrected chi connectivity index (χ2v) is 3.07. The number of nitrogens with zero attached hydrogens (tertiary/aromatic N) is 4. The van der Waals surface area contributed by atoms with E-state index in [1.165, 1.54) is 0 Å². The van der Waals surface area contributed by atoms with Crippen LogP contribution in [0.4, 0.5) is 0 Å². The van der Waals surface area contributed by atoms with Gasteiger partial charge in [0.2, 0.25) is 0 Å². The van der Waals surface area contributed by atoms with Crippen molar-refractivity contribution in [1.82, 2.24) is 19.9 Å². The molecule has 0 atom stereocenters. The van der Waals surface area contributed by atoms with Gasteiger partial charge in [-0.15, -0.1) is 0 Å². The van der Waals surface area contributed by atoms with E-state index in [9.17, 15) is 0 Å². The molecule has 5 heteroatoms. The molecule has 0 aliphatic rings. The van der Waals surface area contributed by atoms with Crippen LogP contribution in [0.5, 0.6) is 0 Å². The van der Waals surface area contributed by atoms with Crippen molar-refractivity contribution < 1.29 is 5.11 Å². The monoisotopic (exact) mass is 202 g/mol. The standard InChI is InChI=1S/C10H10N4O/c1-7-4-8(6-15)14-10(13-7)9-5-11-2-3-12-9/h2-5,15H,6H2,1H3. The largest absolute Gasteiger partial charge is 0.390 e. The SMILES string of the molecule is Cc1cc(CO)nc(-c2cnccn2)n1. The molecule has 2 aromatic rings. The summed E-state index contributed by atoms with van der Waals surface area (Å²) in [7, 11) is 0. The van der Waals surface area contributed by atoms with Gasteiger partial charge in [0.15, 0.2) is 5.82 Å². The Bertz CT molecular complexity index is 458. The Hall–Kier alpha value is -1.88. The number of hydrogen-bond acceptors (Lipinski definition) is 5. The van der Waals surface area contributed by atoms with E-state index in [0.717, 1.165) is 5.69 Å². The van der Waals surface area contributed by atoms with E-state index in [1.807, 2.05) is 6.92 Å². The van der Waals surface area contributed by atoms with E-state index in [1.54, 1.807) is 24.7 Å². The highest BCUT2D eigenvalue weighted by atomic mass is 16.3. The van der Waals surface area contributed by atoms with E-state index in [4.69, 9.17) is 5.11 Å². The Balaban J connectivity index is 2.49. The summed E-state index contributed by atoms with van der Waals surface area (Å²) < 4.78 is 0. The molecule has 0 aliphatic heterocycles. The molecule has 15 heavy (non-hydrogen) atoms. The van der Waals surface area contributed by atoms with E-state index >= 15 is 0 Å². The van der Waals surface area contributed by atoms with Gasteiger partial charge >= 0.3 is 0 Å². The molecular formula is C10H10N4O. The quantitative estimate of drug-likeness (QED) is 0.777. The molecule has 0 spiro atoms. The fourth-order valence-electron chi connectivity index (χ4n) is 1.24. The van der Waals surface area contributed by atoms with E-state index in [-0.39, 0.29) is 6.61 Å². The molecule has 0 aliphatic carbocycles. The molecule has 76 valence electrons. The summed E-state index contributed by atoms with van der Waals surface area (Å²) in [6.45, 7) is 1.75. The molecule has 5 nitrogen and oxygen atoms in total. The number of aromatic nitrogens is 4. The van der Waals surface area contributed by atoms with Crippen molar-refractivity contribution in [2.24, 2.45) is 0 Å². The van der Waals surface area contributed by atoms with Crippen LogP contribution in [0.25, 0.3) is 11.5 Å². The number of rotatable bonds is 2. The number of aryl methyl sites for hydroxylation is 1. The summed E-state index contributed by atoms with van der Waals surface area (Å²) in [4.78, 5) is 16.4. The molecule has 0 fully saturated rings. The maximum atomic E-state index is 9.01. The normalized spacial score (nSPS) is 10.3.